The second kappa shape index (κ2) is 13.7. The van der Waals surface area contributed by atoms with Crippen LogP contribution in [0.4, 0.5) is 0 Å². The lowest BCUT2D eigenvalue weighted by Gasteiger charge is -2.19. The van der Waals surface area contributed by atoms with Gasteiger partial charge in [-0.15, -0.1) is 0 Å². The Morgan fingerprint density at radius 1 is 0.414 bits per heavy atom. The molecule has 0 bridgehead atoms. The van der Waals surface area contributed by atoms with Crippen molar-refractivity contribution in [2.24, 2.45) is 0 Å². The number of rotatable bonds is 6. The summed E-state index contributed by atoms with van der Waals surface area (Å²) in [6.45, 7) is 4.45. The van der Waals surface area contributed by atoms with E-state index in [4.69, 9.17) is 15.0 Å². The predicted octanol–water partition coefficient (Wildman–Crippen LogP) is 13.4. The van der Waals surface area contributed by atoms with Crippen molar-refractivity contribution in [2.75, 3.05) is 0 Å². The van der Waals surface area contributed by atoms with Gasteiger partial charge in [-0.3, -0.25) is 0 Å². The molecule has 0 atom stereocenters. The van der Waals surface area contributed by atoms with E-state index in [0.717, 1.165) is 35.4 Å². The molecule has 7 aromatic carbocycles. The molecule has 0 spiro atoms. The minimum Gasteiger partial charge on any atom is -0.313 e. The summed E-state index contributed by atoms with van der Waals surface area (Å²) in [6.07, 6.45) is 6.16. The van der Waals surface area contributed by atoms with Crippen molar-refractivity contribution < 1.29 is 0 Å². The highest BCUT2D eigenvalue weighted by Gasteiger charge is 2.21. The zero-order valence-electron chi connectivity index (χ0n) is 32.4. The second-order valence-corrected chi connectivity index (χ2v) is 15.4. The summed E-state index contributed by atoms with van der Waals surface area (Å²) in [7, 11) is 0. The standard InChI is InChI=1S/C53H39N5/c1-34-30-35(2)50-46(31-34)45-33-40(39-24-28-48-44(32-39)43-20-12-13-21-47(43)57(48)41-18-10-5-11-19-41)25-29-49(45)58(50)42-26-22-38(23-27-42)53-55-51(36-14-6-3-7-15-36)54-52(56-53)37-16-8-4-9-17-37/h3-22,24-26,28-33H,23,27H2,1-2H3. The molecule has 0 amide bonds. The van der Waals surface area contributed by atoms with Crippen molar-refractivity contribution in [3.8, 4) is 39.6 Å². The third-order valence-electron chi connectivity index (χ3n) is 11.6. The van der Waals surface area contributed by atoms with Crippen LogP contribution in [0.15, 0.2) is 176 Å². The minimum atomic E-state index is 0.686. The summed E-state index contributed by atoms with van der Waals surface area (Å²) < 4.78 is 4.87. The number of hydrogen-bond donors (Lipinski definition) is 0. The number of nitrogens with zero attached hydrogens (tertiary/aromatic N) is 5. The lowest BCUT2D eigenvalue weighted by Crippen LogP contribution is -2.06. The minimum absolute atomic E-state index is 0.686. The molecular weight excluding hydrogens is 707 g/mol. The quantitative estimate of drug-likeness (QED) is 0.170. The second-order valence-electron chi connectivity index (χ2n) is 15.4. The van der Waals surface area contributed by atoms with E-state index < -0.39 is 0 Å². The van der Waals surface area contributed by atoms with Crippen molar-refractivity contribution in [2.45, 2.75) is 26.7 Å². The van der Waals surface area contributed by atoms with Gasteiger partial charge in [-0.1, -0.05) is 127 Å². The molecule has 3 heterocycles. The van der Waals surface area contributed by atoms with Crippen LogP contribution >= 0.6 is 0 Å². The highest BCUT2D eigenvalue weighted by Crippen LogP contribution is 2.41. The van der Waals surface area contributed by atoms with Crippen LogP contribution in [0.25, 0.3) is 94.5 Å². The average molecular weight is 746 g/mol. The highest BCUT2D eigenvalue weighted by atomic mass is 15.0. The fraction of sp³-hybridized carbons (Fsp3) is 0.0755. The molecule has 5 nitrogen and oxygen atoms in total. The molecule has 1 aliphatic carbocycles. The molecule has 1 aliphatic rings. The van der Waals surface area contributed by atoms with Gasteiger partial charge in [0.25, 0.3) is 0 Å². The van der Waals surface area contributed by atoms with Gasteiger partial charge in [-0.2, -0.15) is 0 Å². The van der Waals surface area contributed by atoms with Gasteiger partial charge in [0.1, 0.15) is 0 Å². The Morgan fingerprint density at radius 2 is 0.966 bits per heavy atom. The Balaban J connectivity index is 1.03. The normalized spacial score (nSPS) is 13.1. The molecule has 3 aromatic heterocycles. The summed E-state index contributed by atoms with van der Waals surface area (Å²) in [4.78, 5) is 15.0. The number of aryl methyl sites for hydroxylation is 2. The topological polar surface area (TPSA) is 48.5 Å². The van der Waals surface area contributed by atoms with Gasteiger partial charge in [0.05, 0.1) is 22.1 Å². The van der Waals surface area contributed by atoms with Crippen LogP contribution in [-0.4, -0.2) is 24.1 Å². The van der Waals surface area contributed by atoms with Crippen molar-refractivity contribution in [3.63, 3.8) is 0 Å². The lowest BCUT2D eigenvalue weighted by atomic mass is 9.99. The fourth-order valence-corrected chi connectivity index (χ4v) is 8.97. The van der Waals surface area contributed by atoms with Crippen molar-refractivity contribution >= 4 is 54.9 Å². The Labute approximate surface area is 336 Å². The Hall–Kier alpha value is -7.37. The zero-order valence-corrected chi connectivity index (χ0v) is 32.4. The molecule has 10 aromatic rings. The van der Waals surface area contributed by atoms with Gasteiger partial charge in [0.15, 0.2) is 17.5 Å². The maximum Gasteiger partial charge on any atom is 0.164 e. The Kier molecular flexibility index (Phi) is 8.00. The van der Waals surface area contributed by atoms with E-state index in [1.165, 1.54) is 77.2 Å². The highest BCUT2D eigenvalue weighted by molar-refractivity contribution is 6.14. The number of hydrogen-bond acceptors (Lipinski definition) is 3. The third kappa shape index (κ3) is 5.66. The molecule has 0 saturated heterocycles. The van der Waals surface area contributed by atoms with Crippen LogP contribution in [0.1, 0.15) is 29.8 Å². The van der Waals surface area contributed by atoms with E-state index in [1.54, 1.807) is 0 Å². The summed E-state index contributed by atoms with van der Waals surface area (Å²) in [6, 6.07) is 58.4. The first kappa shape index (κ1) is 33.9. The predicted molar refractivity (Wildman–Crippen MR) is 241 cm³/mol. The summed E-state index contributed by atoms with van der Waals surface area (Å²) in [5, 5.41) is 5.06. The van der Waals surface area contributed by atoms with Crippen LogP contribution in [-0.2, 0) is 0 Å². The molecule has 0 N–H and O–H groups in total. The molecule has 0 aliphatic heterocycles. The van der Waals surface area contributed by atoms with E-state index in [-0.39, 0.29) is 0 Å². The van der Waals surface area contributed by atoms with E-state index >= 15 is 0 Å². The Morgan fingerprint density at radius 3 is 1.60 bits per heavy atom. The summed E-state index contributed by atoms with van der Waals surface area (Å²) in [5.74, 6) is 2.10. The first-order valence-corrected chi connectivity index (χ1v) is 20.0. The van der Waals surface area contributed by atoms with Crippen LogP contribution in [0.2, 0.25) is 0 Å². The van der Waals surface area contributed by atoms with Crippen molar-refractivity contribution in [1.29, 1.82) is 0 Å². The molecule has 5 heteroatoms. The molecule has 0 radical (unpaired) electrons. The van der Waals surface area contributed by atoms with Crippen molar-refractivity contribution in [3.05, 3.63) is 193 Å². The summed E-state index contributed by atoms with van der Waals surface area (Å²) in [5.41, 5.74) is 15.4. The largest absolute Gasteiger partial charge is 0.313 e. The van der Waals surface area contributed by atoms with Crippen LogP contribution < -0.4 is 0 Å². The number of aromatic nitrogens is 5. The number of benzene rings is 7. The zero-order chi connectivity index (χ0) is 38.7. The first-order chi connectivity index (χ1) is 28.6. The monoisotopic (exact) mass is 745 g/mol. The van der Waals surface area contributed by atoms with E-state index in [0.29, 0.717) is 11.6 Å². The van der Waals surface area contributed by atoms with Gasteiger partial charge in [0, 0.05) is 44.1 Å². The van der Waals surface area contributed by atoms with Gasteiger partial charge in [-0.25, -0.2) is 15.0 Å². The first-order valence-electron chi connectivity index (χ1n) is 20.0. The maximum atomic E-state index is 5.03. The summed E-state index contributed by atoms with van der Waals surface area (Å²) >= 11 is 0. The molecular formula is C53H39N5. The molecule has 0 saturated carbocycles. The fourth-order valence-electron chi connectivity index (χ4n) is 8.97. The van der Waals surface area contributed by atoms with E-state index in [2.05, 4.69) is 163 Å². The lowest BCUT2D eigenvalue weighted by molar-refractivity contribution is 0.953. The third-order valence-corrected chi connectivity index (χ3v) is 11.6. The van der Waals surface area contributed by atoms with Crippen molar-refractivity contribution in [1.82, 2.24) is 24.1 Å². The number of fused-ring (bicyclic) bond motifs is 6. The van der Waals surface area contributed by atoms with Crippen LogP contribution in [0, 0.1) is 13.8 Å². The van der Waals surface area contributed by atoms with Gasteiger partial charge >= 0.3 is 0 Å². The molecule has 11 rings (SSSR count). The van der Waals surface area contributed by atoms with E-state index in [1.807, 2.05) is 36.4 Å². The molecule has 58 heavy (non-hydrogen) atoms. The molecule has 0 unspecified atom stereocenters. The van der Waals surface area contributed by atoms with Crippen LogP contribution in [0.3, 0.4) is 0 Å². The number of allylic oxidation sites excluding steroid dienone is 4. The van der Waals surface area contributed by atoms with Gasteiger partial charge in [0.2, 0.25) is 0 Å². The maximum absolute atomic E-state index is 5.03. The van der Waals surface area contributed by atoms with E-state index in [9.17, 15) is 0 Å². The smallest absolute Gasteiger partial charge is 0.164 e. The molecule has 0 fully saturated rings. The number of para-hydroxylation sites is 2. The average Bonchev–Trinajstić information content (AvgIpc) is 3.79. The SMILES string of the molecule is Cc1cc(C)c2c(c1)c1cc(-c3ccc4c(c3)c3ccccc3n4-c3ccccc3)ccc1n2C1=CC=C(c2nc(-c3ccccc3)nc(-c3ccccc3)n2)CC1. The van der Waals surface area contributed by atoms with Crippen LogP contribution in [0.5, 0.6) is 0 Å². The van der Waals surface area contributed by atoms with Gasteiger partial charge in [-0.05, 0) is 104 Å². The van der Waals surface area contributed by atoms with Gasteiger partial charge < -0.3 is 9.13 Å². The Bertz CT molecular complexity index is 3220. The molecule has 276 valence electrons.